The summed E-state index contributed by atoms with van der Waals surface area (Å²) in [6.45, 7) is -0.978. The van der Waals surface area contributed by atoms with E-state index in [1.165, 1.54) is 13.2 Å². The largest absolute Gasteiger partial charge is 0.477 e. The summed E-state index contributed by atoms with van der Waals surface area (Å²) in [7, 11) is 1.20. The number of carboxylic acid groups (broad SMARTS) is 1. The van der Waals surface area contributed by atoms with E-state index in [4.69, 9.17) is 5.73 Å². The molecule has 0 saturated heterocycles. The monoisotopic (exact) mass is 404 g/mol. The lowest BCUT2D eigenvalue weighted by atomic mass is 9.89. The second kappa shape index (κ2) is 9.99. The van der Waals surface area contributed by atoms with E-state index in [9.17, 15) is 30.0 Å². The number of aliphatic hydroxyl groups excluding tert-OH is 3. The number of rotatable bonds is 9. The van der Waals surface area contributed by atoms with Crippen LogP contribution in [0.5, 0.6) is 0 Å². The average molecular weight is 404 g/mol. The Morgan fingerprint density at radius 2 is 1.83 bits per heavy atom. The topological polar surface area (TPSA) is 166 Å². The Morgan fingerprint density at radius 1 is 1.14 bits per heavy atom. The first-order valence-electron chi connectivity index (χ1n) is 8.84. The molecule has 0 fully saturated rings. The van der Waals surface area contributed by atoms with Gasteiger partial charge in [-0.1, -0.05) is 12.1 Å². The molecule has 1 aromatic heterocycles. The molecule has 0 aliphatic heterocycles. The van der Waals surface area contributed by atoms with E-state index in [0.717, 1.165) is 6.08 Å². The van der Waals surface area contributed by atoms with E-state index in [1.54, 1.807) is 12.1 Å². The van der Waals surface area contributed by atoms with Crippen LogP contribution in [0.25, 0.3) is 17.2 Å². The smallest absolute Gasteiger partial charge is 0.352 e. The molecule has 0 bridgehead atoms. The standard InChI is InChI=1S/C20H24N2O7/c1-29-17(26)5-4-13-18(16(6-7-21)22-19(13)20(27)28)12-3-2-11(8-23)14(9-24)15(12)10-25/h2-5,22-25H,6-10,21H2,1H3,(H,27,28)/b5-4+. The number of aromatic carboxylic acids is 1. The van der Waals surface area contributed by atoms with Gasteiger partial charge in [0.1, 0.15) is 5.69 Å². The molecule has 2 aromatic rings. The third kappa shape index (κ3) is 4.54. The molecule has 0 aliphatic rings. The van der Waals surface area contributed by atoms with Crippen molar-refractivity contribution in [1.29, 1.82) is 0 Å². The lowest BCUT2D eigenvalue weighted by Crippen LogP contribution is -2.07. The third-order valence-corrected chi connectivity index (χ3v) is 4.60. The maximum atomic E-state index is 11.8. The van der Waals surface area contributed by atoms with E-state index in [-0.39, 0.29) is 24.4 Å². The van der Waals surface area contributed by atoms with Gasteiger partial charge in [-0.05, 0) is 34.9 Å². The van der Waals surface area contributed by atoms with Gasteiger partial charge in [0.25, 0.3) is 0 Å². The lowest BCUT2D eigenvalue weighted by Gasteiger charge is -2.17. The Labute approximate surface area is 167 Å². The predicted octanol–water partition coefficient (Wildman–Crippen LogP) is 0.544. The number of carbonyl (C=O) groups excluding carboxylic acids is 1. The first-order chi connectivity index (χ1) is 13.9. The molecule has 1 aromatic carbocycles. The second-order valence-corrected chi connectivity index (χ2v) is 6.17. The van der Waals surface area contributed by atoms with E-state index >= 15 is 0 Å². The number of methoxy groups -OCH3 is 1. The van der Waals surface area contributed by atoms with E-state index in [1.807, 2.05) is 0 Å². The van der Waals surface area contributed by atoms with Gasteiger partial charge in [0.15, 0.2) is 0 Å². The van der Waals surface area contributed by atoms with E-state index in [2.05, 4.69) is 9.72 Å². The molecule has 2 rings (SSSR count). The minimum Gasteiger partial charge on any atom is -0.477 e. The van der Waals surface area contributed by atoms with Gasteiger partial charge in [-0.3, -0.25) is 0 Å². The first-order valence-corrected chi connectivity index (χ1v) is 8.84. The van der Waals surface area contributed by atoms with Crippen LogP contribution >= 0.6 is 0 Å². The Hall–Kier alpha value is -2.98. The number of esters is 1. The molecule has 0 saturated carbocycles. The van der Waals surface area contributed by atoms with E-state index in [0.29, 0.717) is 39.9 Å². The highest BCUT2D eigenvalue weighted by molar-refractivity contribution is 5.99. The molecule has 0 amide bonds. The summed E-state index contributed by atoms with van der Waals surface area (Å²) < 4.78 is 4.58. The van der Waals surface area contributed by atoms with Crippen molar-refractivity contribution in [2.45, 2.75) is 26.2 Å². The Morgan fingerprint density at radius 3 is 2.34 bits per heavy atom. The van der Waals surface area contributed by atoms with Crippen LogP contribution in [0.3, 0.4) is 0 Å². The summed E-state index contributed by atoms with van der Waals surface area (Å²) in [6.07, 6.45) is 2.72. The quantitative estimate of drug-likeness (QED) is 0.260. The first kappa shape index (κ1) is 22.3. The molecule has 1 heterocycles. The number of benzene rings is 1. The molecule has 9 nitrogen and oxygen atoms in total. The minimum absolute atomic E-state index is 0.149. The van der Waals surface area contributed by atoms with Gasteiger partial charge in [-0.25, -0.2) is 9.59 Å². The average Bonchev–Trinajstić information content (AvgIpc) is 3.09. The fourth-order valence-electron chi connectivity index (χ4n) is 3.26. The summed E-state index contributed by atoms with van der Waals surface area (Å²) >= 11 is 0. The van der Waals surface area contributed by atoms with Crippen LogP contribution in [-0.2, 0) is 35.8 Å². The van der Waals surface area contributed by atoms with Gasteiger partial charge in [0.2, 0.25) is 0 Å². The van der Waals surface area contributed by atoms with Crippen molar-refractivity contribution >= 4 is 18.0 Å². The summed E-state index contributed by atoms with van der Waals surface area (Å²) in [5.74, 6) is -1.90. The van der Waals surface area contributed by atoms with Crippen molar-refractivity contribution in [1.82, 2.24) is 4.98 Å². The van der Waals surface area contributed by atoms with Crippen LogP contribution in [0.2, 0.25) is 0 Å². The molecule has 0 radical (unpaired) electrons. The number of ether oxygens (including phenoxy) is 1. The second-order valence-electron chi connectivity index (χ2n) is 6.17. The summed E-state index contributed by atoms with van der Waals surface area (Å²) in [5, 5.41) is 38.8. The van der Waals surface area contributed by atoms with Gasteiger partial charge < -0.3 is 35.9 Å². The number of aromatic nitrogens is 1. The molecule has 0 unspecified atom stereocenters. The maximum Gasteiger partial charge on any atom is 0.352 e. The summed E-state index contributed by atoms with van der Waals surface area (Å²) in [4.78, 5) is 26.2. The van der Waals surface area contributed by atoms with Crippen molar-refractivity contribution in [3.8, 4) is 11.1 Å². The zero-order valence-corrected chi connectivity index (χ0v) is 15.9. The fourth-order valence-corrected chi connectivity index (χ4v) is 3.26. The number of aromatic amines is 1. The lowest BCUT2D eigenvalue weighted by molar-refractivity contribution is -0.134. The predicted molar refractivity (Wildman–Crippen MR) is 105 cm³/mol. The van der Waals surface area contributed by atoms with E-state index < -0.39 is 25.2 Å². The zero-order chi connectivity index (χ0) is 21.6. The number of nitrogens with two attached hydrogens (primary N) is 1. The van der Waals surface area contributed by atoms with Crippen molar-refractivity contribution in [3.63, 3.8) is 0 Å². The number of hydrogen-bond acceptors (Lipinski definition) is 7. The van der Waals surface area contributed by atoms with Crippen LogP contribution in [0.1, 0.15) is 38.4 Å². The highest BCUT2D eigenvalue weighted by atomic mass is 16.5. The number of H-pyrrole nitrogens is 1. The Balaban J connectivity index is 2.88. The maximum absolute atomic E-state index is 11.8. The van der Waals surface area contributed by atoms with Gasteiger partial charge in [-0.2, -0.15) is 0 Å². The number of hydrogen-bond donors (Lipinski definition) is 6. The molecule has 29 heavy (non-hydrogen) atoms. The van der Waals surface area contributed by atoms with Crippen LogP contribution in [0, 0.1) is 0 Å². The number of aliphatic hydroxyl groups is 3. The fraction of sp³-hybridized carbons (Fsp3) is 0.300. The van der Waals surface area contributed by atoms with Crippen LogP contribution < -0.4 is 5.73 Å². The Bertz CT molecular complexity index is 931. The summed E-state index contributed by atoms with van der Waals surface area (Å²) in [6, 6.07) is 3.22. The highest BCUT2D eigenvalue weighted by Gasteiger charge is 2.24. The van der Waals surface area contributed by atoms with Gasteiger partial charge >= 0.3 is 11.9 Å². The van der Waals surface area contributed by atoms with Gasteiger partial charge in [0, 0.05) is 29.3 Å². The molecule has 156 valence electrons. The highest BCUT2D eigenvalue weighted by Crippen LogP contribution is 2.37. The van der Waals surface area contributed by atoms with Crippen molar-refractivity contribution in [2.24, 2.45) is 5.73 Å². The van der Waals surface area contributed by atoms with Gasteiger partial charge in [0.05, 0.1) is 26.9 Å². The normalized spacial score (nSPS) is 11.2. The molecule has 0 spiro atoms. The molecule has 0 aliphatic carbocycles. The molecule has 7 N–H and O–H groups in total. The number of nitrogens with one attached hydrogen (secondary N) is 1. The molecule has 0 atom stereocenters. The molecular weight excluding hydrogens is 380 g/mol. The minimum atomic E-state index is -1.24. The van der Waals surface area contributed by atoms with Crippen molar-refractivity contribution in [2.75, 3.05) is 13.7 Å². The van der Waals surface area contributed by atoms with Crippen LogP contribution in [0.4, 0.5) is 0 Å². The number of carboxylic acids is 1. The van der Waals surface area contributed by atoms with Crippen molar-refractivity contribution in [3.05, 3.63) is 51.9 Å². The molecule has 9 heteroatoms. The zero-order valence-electron chi connectivity index (χ0n) is 15.9. The van der Waals surface area contributed by atoms with Crippen LogP contribution in [0.15, 0.2) is 18.2 Å². The molecular formula is C20H24N2O7. The summed E-state index contributed by atoms with van der Waals surface area (Å²) in [5.41, 5.74) is 8.29. The SMILES string of the molecule is COC(=O)/C=C/c1c(C(=O)O)[nH]c(CCN)c1-c1ccc(CO)c(CO)c1CO. The van der Waals surface area contributed by atoms with Crippen LogP contribution in [-0.4, -0.2) is 51.0 Å². The Kier molecular flexibility index (Phi) is 7.68. The number of carbonyl (C=O) groups is 2. The van der Waals surface area contributed by atoms with Gasteiger partial charge in [-0.15, -0.1) is 0 Å². The third-order valence-electron chi connectivity index (χ3n) is 4.60. The van der Waals surface area contributed by atoms with Crippen molar-refractivity contribution < 1.29 is 34.8 Å².